The van der Waals surface area contributed by atoms with Crippen molar-refractivity contribution >= 4 is 11.0 Å². The van der Waals surface area contributed by atoms with Crippen LogP contribution in [0.4, 0.5) is 17.6 Å². The highest BCUT2D eigenvalue weighted by molar-refractivity contribution is 5.84. The maximum Gasteiger partial charge on any atom is 0.419 e. The molecule has 0 radical (unpaired) electrons. The summed E-state index contributed by atoms with van der Waals surface area (Å²) in [6.45, 7) is 1.07. The summed E-state index contributed by atoms with van der Waals surface area (Å²) in [6.07, 6.45) is -2.47. The van der Waals surface area contributed by atoms with E-state index in [-0.39, 0.29) is 35.7 Å². The molecular weight excluding hydrogens is 438 g/mol. The van der Waals surface area contributed by atoms with Crippen molar-refractivity contribution < 1.29 is 22.3 Å². The number of alkyl halides is 4. The largest absolute Gasteiger partial charge is 0.493 e. The lowest BCUT2D eigenvalue weighted by molar-refractivity contribution is -0.139. The highest BCUT2D eigenvalue weighted by Crippen LogP contribution is 2.39. The predicted octanol–water partition coefficient (Wildman–Crippen LogP) is 4.73. The van der Waals surface area contributed by atoms with Crippen molar-refractivity contribution in [1.29, 1.82) is 5.26 Å². The second-order valence-corrected chi connectivity index (χ2v) is 8.45. The number of likely N-dealkylation sites (tertiary alicyclic amines) is 1. The zero-order chi connectivity index (χ0) is 23.8. The molecule has 0 bridgehead atoms. The van der Waals surface area contributed by atoms with Gasteiger partial charge in [-0.2, -0.15) is 18.4 Å². The summed E-state index contributed by atoms with van der Waals surface area (Å²) in [5, 5.41) is 9.39. The van der Waals surface area contributed by atoms with Crippen LogP contribution >= 0.6 is 0 Å². The summed E-state index contributed by atoms with van der Waals surface area (Å²) in [5.41, 5.74) is -1.00. The number of nitriles is 1. The Morgan fingerprint density at radius 3 is 2.58 bits per heavy atom. The van der Waals surface area contributed by atoms with Gasteiger partial charge in [0.1, 0.15) is 23.0 Å². The molecule has 0 amide bonds. The number of piperidine rings is 1. The fraction of sp³-hybridized carbons (Fsp3) is 0.435. The number of benzene rings is 1. The fourth-order valence-electron chi connectivity index (χ4n) is 4.00. The van der Waals surface area contributed by atoms with Crippen molar-refractivity contribution in [3.8, 4) is 23.1 Å². The first-order chi connectivity index (χ1) is 15.6. The number of hydrogen-bond acceptors (Lipinski definition) is 5. The molecule has 4 rings (SSSR count). The van der Waals surface area contributed by atoms with Gasteiger partial charge in [-0.1, -0.05) is 0 Å². The number of aromatic nitrogens is 3. The van der Waals surface area contributed by atoms with Crippen molar-refractivity contribution in [2.75, 3.05) is 26.7 Å². The normalized spacial score (nSPS) is 16.6. The standard InChI is InChI=1S/C23H23F4N5O/c1-31-8-5-22(24,6-9-31)7-10-33-20-4-3-15(11-16(20)23(25,26)27)17-12-19-21(18(13-28)30-17)29-14-32(19)2/h3-4,11-12,14H,5-10H2,1-2H3. The molecule has 1 aliphatic heterocycles. The van der Waals surface area contributed by atoms with Gasteiger partial charge in [-0.25, -0.2) is 14.4 Å². The molecule has 1 saturated heterocycles. The summed E-state index contributed by atoms with van der Waals surface area (Å²) in [6, 6.07) is 7.15. The summed E-state index contributed by atoms with van der Waals surface area (Å²) in [5.74, 6) is -0.357. The van der Waals surface area contributed by atoms with Gasteiger partial charge in [-0.05, 0) is 44.2 Å². The Morgan fingerprint density at radius 2 is 1.91 bits per heavy atom. The second kappa shape index (κ2) is 8.63. The summed E-state index contributed by atoms with van der Waals surface area (Å²) < 4.78 is 63.4. The van der Waals surface area contributed by atoms with Crippen LogP contribution in [0.5, 0.6) is 5.75 Å². The van der Waals surface area contributed by atoms with Crippen molar-refractivity contribution in [2.24, 2.45) is 7.05 Å². The Morgan fingerprint density at radius 1 is 1.18 bits per heavy atom. The van der Waals surface area contributed by atoms with E-state index < -0.39 is 17.4 Å². The number of rotatable bonds is 5. The van der Waals surface area contributed by atoms with Gasteiger partial charge in [0.25, 0.3) is 0 Å². The number of ether oxygens (including phenoxy) is 1. The minimum absolute atomic E-state index is 0.0309. The molecule has 3 heterocycles. The van der Waals surface area contributed by atoms with Crippen LogP contribution < -0.4 is 4.74 Å². The third kappa shape index (κ3) is 4.78. The number of hydrogen-bond donors (Lipinski definition) is 0. The molecule has 0 unspecified atom stereocenters. The maximum atomic E-state index is 14.9. The van der Waals surface area contributed by atoms with Gasteiger partial charge in [-0.15, -0.1) is 0 Å². The van der Waals surface area contributed by atoms with E-state index in [1.807, 2.05) is 18.0 Å². The van der Waals surface area contributed by atoms with Gasteiger partial charge in [0.15, 0.2) is 5.69 Å². The predicted molar refractivity (Wildman–Crippen MR) is 114 cm³/mol. The van der Waals surface area contributed by atoms with Crippen molar-refractivity contribution in [2.45, 2.75) is 31.1 Å². The van der Waals surface area contributed by atoms with Crippen LogP contribution in [0.3, 0.4) is 0 Å². The minimum atomic E-state index is -4.68. The average molecular weight is 461 g/mol. The quantitative estimate of drug-likeness (QED) is 0.514. The Balaban J connectivity index is 1.61. The summed E-state index contributed by atoms with van der Waals surface area (Å²) in [7, 11) is 3.63. The minimum Gasteiger partial charge on any atom is -0.493 e. The molecule has 10 heteroatoms. The van der Waals surface area contributed by atoms with Crippen molar-refractivity contribution in [3.63, 3.8) is 0 Å². The van der Waals surface area contributed by atoms with Gasteiger partial charge in [0, 0.05) is 32.1 Å². The van der Waals surface area contributed by atoms with E-state index in [9.17, 15) is 22.8 Å². The molecule has 1 fully saturated rings. The van der Waals surface area contributed by atoms with E-state index >= 15 is 0 Å². The van der Waals surface area contributed by atoms with E-state index in [1.165, 1.54) is 18.5 Å². The highest BCUT2D eigenvalue weighted by atomic mass is 19.4. The van der Waals surface area contributed by atoms with Gasteiger partial charge >= 0.3 is 6.18 Å². The van der Waals surface area contributed by atoms with Gasteiger partial charge in [-0.3, -0.25) is 0 Å². The van der Waals surface area contributed by atoms with Crippen LogP contribution in [0.15, 0.2) is 30.6 Å². The number of nitrogens with zero attached hydrogens (tertiary/aromatic N) is 5. The lowest BCUT2D eigenvalue weighted by Crippen LogP contribution is -2.40. The molecule has 6 nitrogen and oxygen atoms in total. The lowest BCUT2D eigenvalue weighted by atomic mass is 9.91. The lowest BCUT2D eigenvalue weighted by Gasteiger charge is -2.34. The van der Waals surface area contributed by atoms with Crippen LogP contribution in [0, 0.1) is 11.3 Å². The molecule has 0 aliphatic carbocycles. The molecule has 0 spiro atoms. The monoisotopic (exact) mass is 461 g/mol. The number of imidazole rings is 1. The molecule has 174 valence electrons. The van der Waals surface area contributed by atoms with Crippen LogP contribution in [0.2, 0.25) is 0 Å². The first kappa shape index (κ1) is 23.0. The van der Waals surface area contributed by atoms with E-state index in [0.29, 0.717) is 37.0 Å². The third-order valence-corrected chi connectivity index (χ3v) is 6.09. The van der Waals surface area contributed by atoms with Crippen LogP contribution in [-0.4, -0.2) is 51.8 Å². The Hall–Kier alpha value is -3.19. The molecule has 0 saturated carbocycles. The molecule has 33 heavy (non-hydrogen) atoms. The third-order valence-electron chi connectivity index (χ3n) is 6.09. The van der Waals surface area contributed by atoms with E-state index in [4.69, 9.17) is 4.74 Å². The molecule has 3 aromatic rings. The first-order valence-corrected chi connectivity index (χ1v) is 10.5. The van der Waals surface area contributed by atoms with E-state index in [0.717, 1.165) is 6.07 Å². The van der Waals surface area contributed by atoms with Crippen LogP contribution in [0.1, 0.15) is 30.5 Å². The van der Waals surface area contributed by atoms with Crippen molar-refractivity contribution in [1.82, 2.24) is 19.4 Å². The number of fused-ring (bicyclic) bond motifs is 1. The van der Waals surface area contributed by atoms with E-state index in [1.54, 1.807) is 17.7 Å². The maximum absolute atomic E-state index is 14.9. The molecule has 2 aromatic heterocycles. The topological polar surface area (TPSA) is 67.0 Å². The van der Waals surface area contributed by atoms with Gasteiger partial charge in [0.05, 0.1) is 29.7 Å². The first-order valence-electron chi connectivity index (χ1n) is 10.5. The fourth-order valence-corrected chi connectivity index (χ4v) is 4.00. The van der Waals surface area contributed by atoms with Crippen LogP contribution in [-0.2, 0) is 13.2 Å². The molecule has 0 atom stereocenters. The molecular formula is C23H23F4N5O. The smallest absolute Gasteiger partial charge is 0.419 e. The van der Waals surface area contributed by atoms with Crippen molar-refractivity contribution in [3.05, 3.63) is 41.9 Å². The van der Waals surface area contributed by atoms with Crippen LogP contribution in [0.25, 0.3) is 22.3 Å². The zero-order valence-corrected chi connectivity index (χ0v) is 18.3. The Labute approximate surface area is 188 Å². The molecule has 1 aliphatic rings. The summed E-state index contributed by atoms with van der Waals surface area (Å²) >= 11 is 0. The Kier molecular flexibility index (Phi) is 6.01. The second-order valence-electron chi connectivity index (χ2n) is 8.45. The molecule has 0 N–H and O–H groups in total. The number of aryl methyl sites for hydroxylation is 1. The number of pyridine rings is 1. The highest BCUT2D eigenvalue weighted by Gasteiger charge is 2.36. The molecule has 1 aromatic carbocycles. The van der Waals surface area contributed by atoms with Gasteiger partial charge < -0.3 is 14.2 Å². The summed E-state index contributed by atoms with van der Waals surface area (Å²) in [4.78, 5) is 10.3. The number of halogens is 4. The SMILES string of the molecule is CN1CCC(F)(CCOc2ccc(-c3cc4c(ncn4C)c(C#N)n3)cc2C(F)(F)F)CC1. The average Bonchev–Trinajstić information content (AvgIpc) is 3.15. The van der Waals surface area contributed by atoms with E-state index in [2.05, 4.69) is 9.97 Å². The van der Waals surface area contributed by atoms with Gasteiger partial charge in [0.2, 0.25) is 0 Å². The Bertz CT molecular complexity index is 1210. The zero-order valence-electron chi connectivity index (χ0n) is 18.3.